The molecule has 108 valence electrons. The first-order chi connectivity index (χ1) is 9.85. The Labute approximate surface area is 118 Å². The highest BCUT2D eigenvalue weighted by molar-refractivity contribution is 7.92. The van der Waals surface area contributed by atoms with E-state index in [-0.39, 0.29) is 10.5 Å². The molecule has 0 aliphatic heterocycles. The molecule has 0 fully saturated rings. The van der Waals surface area contributed by atoms with Crippen molar-refractivity contribution < 1.29 is 21.6 Å². The average Bonchev–Trinajstić information content (AvgIpc) is 2.48. The molecule has 0 saturated heterocycles. The molecule has 0 heterocycles. The minimum Gasteiger partial charge on any atom is -0.277 e. The van der Waals surface area contributed by atoms with Gasteiger partial charge in [0.25, 0.3) is 10.0 Å². The minimum atomic E-state index is -4.18. The van der Waals surface area contributed by atoms with Crippen LogP contribution in [0.5, 0.6) is 0 Å². The van der Waals surface area contributed by atoms with Crippen LogP contribution in [-0.4, -0.2) is 8.42 Å². The molecule has 0 atom stereocenters. The summed E-state index contributed by atoms with van der Waals surface area (Å²) in [6, 6.07) is 7.99. The normalized spacial score (nSPS) is 11.0. The van der Waals surface area contributed by atoms with Gasteiger partial charge in [0.05, 0.1) is 22.2 Å². The lowest BCUT2D eigenvalue weighted by molar-refractivity contribution is 0.449. The molecule has 8 heteroatoms. The second-order valence-electron chi connectivity index (χ2n) is 3.96. The SMILES string of the molecule is N#Cc1ccc(S(=O)(=O)Nc2ccc(F)c(F)c2F)cc1. The molecule has 2 rings (SSSR count). The van der Waals surface area contributed by atoms with Crippen molar-refractivity contribution in [3.8, 4) is 6.07 Å². The van der Waals surface area contributed by atoms with Crippen molar-refractivity contribution in [3.05, 3.63) is 59.4 Å². The predicted octanol–water partition coefficient (Wildman–Crippen LogP) is 2.78. The molecular formula is C13H7F3N2O2S. The van der Waals surface area contributed by atoms with Crippen molar-refractivity contribution in [2.45, 2.75) is 4.90 Å². The zero-order chi connectivity index (χ0) is 15.6. The van der Waals surface area contributed by atoms with E-state index in [1.165, 1.54) is 12.1 Å². The summed E-state index contributed by atoms with van der Waals surface area (Å²) in [5, 5.41) is 8.62. The number of benzene rings is 2. The van der Waals surface area contributed by atoms with E-state index in [4.69, 9.17) is 5.26 Å². The van der Waals surface area contributed by atoms with Crippen LogP contribution in [0.3, 0.4) is 0 Å². The summed E-state index contributed by atoms with van der Waals surface area (Å²) >= 11 is 0. The summed E-state index contributed by atoms with van der Waals surface area (Å²) in [5.41, 5.74) is -0.466. The first-order valence-electron chi connectivity index (χ1n) is 5.51. The van der Waals surface area contributed by atoms with Gasteiger partial charge in [0.15, 0.2) is 17.5 Å². The van der Waals surface area contributed by atoms with Crippen LogP contribution < -0.4 is 4.72 Å². The molecule has 0 spiro atoms. The van der Waals surface area contributed by atoms with Gasteiger partial charge in [-0.25, -0.2) is 21.6 Å². The van der Waals surface area contributed by atoms with E-state index in [0.29, 0.717) is 6.07 Å². The number of rotatable bonds is 3. The second-order valence-corrected chi connectivity index (χ2v) is 5.65. The van der Waals surface area contributed by atoms with Crippen LogP contribution in [0.4, 0.5) is 18.9 Å². The van der Waals surface area contributed by atoms with Crippen LogP contribution >= 0.6 is 0 Å². The molecule has 0 bridgehead atoms. The fraction of sp³-hybridized carbons (Fsp3) is 0. The maximum atomic E-state index is 13.4. The van der Waals surface area contributed by atoms with Crippen molar-refractivity contribution in [1.29, 1.82) is 5.26 Å². The van der Waals surface area contributed by atoms with Gasteiger partial charge in [0, 0.05) is 0 Å². The van der Waals surface area contributed by atoms with E-state index in [9.17, 15) is 21.6 Å². The molecule has 0 unspecified atom stereocenters. The number of anilines is 1. The lowest BCUT2D eigenvalue weighted by Gasteiger charge is -2.09. The zero-order valence-corrected chi connectivity index (χ0v) is 11.1. The zero-order valence-electron chi connectivity index (χ0n) is 10.3. The van der Waals surface area contributed by atoms with Gasteiger partial charge >= 0.3 is 0 Å². The van der Waals surface area contributed by atoms with Crippen molar-refractivity contribution in [2.75, 3.05) is 4.72 Å². The third-order valence-electron chi connectivity index (χ3n) is 2.57. The number of nitriles is 1. The maximum absolute atomic E-state index is 13.4. The number of sulfonamides is 1. The summed E-state index contributed by atoms with van der Waals surface area (Å²) in [7, 11) is -4.18. The lowest BCUT2D eigenvalue weighted by Crippen LogP contribution is -2.14. The smallest absolute Gasteiger partial charge is 0.261 e. The molecule has 1 N–H and O–H groups in total. The van der Waals surface area contributed by atoms with Crippen LogP contribution in [0.15, 0.2) is 41.3 Å². The molecule has 0 amide bonds. The van der Waals surface area contributed by atoms with Gasteiger partial charge in [-0.05, 0) is 36.4 Å². The van der Waals surface area contributed by atoms with Crippen molar-refractivity contribution >= 4 is 15.7 Å². The molecule has 4 nitrogen and oxygen atoms in total. The van der Waals surface area contributed by atoms with Crippen LogP contribution in [0.1, 0.15) is 5.56 Å². The van der Waals surface area contributed by atoms with Gasteiger partial charge in [0.1, 0.15) is 0 Å². The van der Waals surface area contributed by atoms with E-state index in [1.54, 1.807) is 0 Å². The molecule has 0 aliphatic carbocycles. The highest BCUT2D eigenvalue weighted by Crippen LogP contribution is 2.23. The number of halogens is 3. The standard InChI is InChI=1S/C13H7F3N2O2S/c14-10-5-6-11(13(16)12(10)15)18-21(19,20)9-3-1-8(7-17)2-4-9/h1-6,18H. The molecule has 2 aromatic carbocycles. The number of nitrogens with one attached hydrogen (secondary N) is 1. The highest BCUT2D eigenvalue weighted by atomic mass is 32.2. The number of hydrogen-bond acceptors (Lipinski definition) is 3. The molecule has 0 aromatic heterocycles. The van der Waals surface area contributed by atoms with E-state index >= 15 is 0 Å². The van der Waals surface area contributed by atoms with E-state index in [1.807, 2.05) is 10.8 Å². The predicted molar refractivity (Wildman–Crippen MR) is 68.3 cm³/mol. The van der Waals surface area contributed by atoms with Crippen molar-refractivity contribution in [1.82, 2.24) is 0 Å². The summed E-state index contributed by atoms with van der Waals surface area (Å²) in [6.45, 7) is 0. The van der Waals surface area contributed by atoms with E-state index in [2.05, 4.69) is 0 Å². The molecule has 21 heavy (non-hydrogen) atoms. The fourth-order valence-corrected chi connectivity index (χ4v) is 2.58. The Hall–Kier alpha value is -2.53. The summed E-state index contributed by atoms with van der Waals surface area (Å²) < 4.78 is 65.0. The molecule has 0 aliphatic rings. The van der Waals surface area contributed by atoms with Gasteiger partial charge in [-0.1, -0.05) is 0 Å². The van der Waals surface area contributed by atoms with Gasteiger partial charge in [0.2, 0.25) is 0 Å². The Morgan fingerprint density at radius 1 is 0.952 bits per heavy atom. The first-order valence-corrected chi connectivity index (χ1v) is 7.00. The largest absolute Gasteiger partial charge is 0.277 e. The Morgan fingerprint density at radius 3 is 2.14 bits per heavy atom. The van der Waals surface area contributed by atoms with Gasteiger partial charge in [-0.2, -0.15) is 5.26 Å². The monoisotopic (exact) mass is 312 g/mol. The van der Waals surface area contributed by atoms with Gasteiger partial charge < -0.3 is 0 Å². The Kier molecular flexibility index (Phi) is 3.86. The topological polar surface area (TPSA) is 70.0 Å². The Morgan fingerprint density at radius 2 is 1.57 bits per heavy atom. The Balaban J connectivity index is 2.38. The van der Waals surface area contributed by atoms with Crippen LogP contribution in [0, 0.1) is 28.8 Å². The third-order valence-corrected chi connectivity index (χ3v) is 3.95. The van der Waals surface area contributed by atoms with E-state index < -0.39 is 33.2 Å². The van der Waals surface area contributed by atoms with Crippen LogP contribution in [-0.2, 0) is 10.0 Å². The van der Waals surface area contributed by atoms with Crippen molar-refractivity contribution in [3.63, 3.8) is 0 Å². The lowest BCUT2D eigenvalue weighted by atomic mass is 10.2. The first kappa shape index (κ1) is 14.9. The van der Waals surface area contributed by atoms with Gasteiger partial charge in [-0.15, -0.1) is 0 Å². The molecule has 0 radical (unpaired) electrons. The molecule has 0 saturated carbocycles. The second kappa shape index (κ2) is 5.46. The maximum Gasteiger partial charge on any atom is 0.261 e. The number of nitrogens with zero attached hydrogens (tertiary/aromatic N) is 1. The van der Waals surface area contributed by atoms with Crippen molar-refractivity contribution in [2.24, 2.45) is 0 Å². The van der Waals surface area contributed by atoms with Gasteiger partial charge in [-0.3, -0.25) is 4.72 Å². The Bertz CT molecular complexity index is 828. The number of hydrogen-bond donors (Lipinski definition) is 1. The van der Waals surface area contributed by atoms with Crippen LogP contribution in [0.25, 0.3) is 0 Å². The average molecular weight is 312 g/mol. The van der Waals surface area contributed by atoms with E-state index in [0.717, 1.165) is 18.2 Å². The summed E-state index contributed by atoms with van der Waals surface area (Å²) in [4.78, 5) is -0.245. The van der Waals surface area contributed by atoms with Crippen LogP contribution in [0.2, 0.25) is 0 Å². The minimum absolute atomic E-state index is 0.243. The summed E-state index contributed by atoms with van der Waals surface area (Å²) in [5.74, 6) is -4.82. The highest BCUT2D eigenvalue weighted by Gasteiger charge is 2.19. The fourth-order valence-electron chi connectivity index (χ4n) is 1.52. The third kappa shape index (κ3) is 2.98. The quantitative estimate of drug-likeness (QED) is 0.886. The molecule has 2 aromatic rings. The molecular weight excluding hydrogens is 305 g/mol. The summed E-state index contributed by atoms with van der Waals surface area (Å²) in [6.07, 6.45) is 0.